The molecule has 3 rings (SSSR count). The minimum Gasteiger partial charge on any atom is -0.497 e. The summed E-state index contributed by atoms with van der Waals surface area (Å²) in [4.78, 5) is 16.9. The highest BCUT2D eigenvalue weighted by molar-refractivity contribution is 7.92. The summed E-state index contributed by atoms with van der Waals surface area (Å²) in [6.45, 7) is 0. The Kier molecular flexibility index (Phi) is 6.58. The summed E-state index contributed by atoms with van der Waals surface area (Å²) in [5.74, 6) is 1.01. The fourth-order valence-corrected chi connectivity index (χ4v) is 4.02. The van der Waals surface area contributed by atoms with Crippen LogP contribution in [0.1, 0.15) is 5.56 Å². The number of aromatic nitrogens is 1. The number of methoxy groups -OCH3 is 2. The lowest BCUT2D eigenvalue weighted by molar-refractivity contribution is -0.115. The normalized spacial score (nSPS) is 11.0. The maximum Gasteiger partial charge on any atom is 0.230 e. The molecule has 0 saturated carbocycles. The maximum absolute atomic E-state index is 12.4. The van der Waals surface area contributed by atoms with E-state index in [4.69, 9.17) is 9.47 Å². The molecule has 0 radical (unpaired) electrons. The first-order valence-corrected chi connectivity index (χ1v) is 11.6. The van der Waals surface area contributed by atoms with Gasteiger partial charge in [0.05, 0.1) is 32.6 Å². The van der Waals surface area contributed by atoms with Crippen molar-refractivity contribution in [1.82, 2.24) is 4.98 Å². The number of hydrogen-bond donors (Lipinski definition) is 2. The number of carbonyl (C=O) groups is 1. The molecule has 0 unspecified atom stereocenters. The Morgan fingerprint density at radius 1 is 1.10 bits per heavy atom. The van der Waals surface area contributed by atoms with Crippen LogP contribution in [0, 0.1) is 0 Å². The quantitative estimate of drug-likeness (QED) is 0.548. The van der Waals surface area contributed by atoms with E-state index >= 15 is 0 Å². The molecule has 158 valence electrons. The number of amides is 1. The second-order valence-electron chi connectivity index (χ2n) is 6.39. The van der Waals surface area contributed by atoms with Crippen LogP contribution in [0.3, 0.4) is 0 Å². The van der Waals surface area contributed by atoms with Crippen LogP contribution in [-0.4, -0.2) is 39.8 Å². The molecule has 0 fully saturated rings. The summed E-state index contributed by atoms with van der Waals surface area (Å²) in [5, 5.41) is 5.09. The van der Waals surface area contributed by atoms with Crippen LogP contribution in [0.25, 0.3) is 11.3 Å². The zero-order valence-electron chi connectivity index (χ0n) is 16.6. The van der Waals surface area contributed by atoms with Crippen molar-refractivity contribution in [2.24, 2.45) is 0 Å². The predicted octanol–water partition coefficient (Wildman–Crippen LogP) is 3.38. The molecular formula is C20H21N3O5S2. The van der Waals surface area contributed by atoms with E-state index in [-0.39, 0.29) is 12.3 Å². The molecule has 0 aliphatic heterocycles. The van der Waals surface area contributed by atoms with Crippen LogP contribution in [-0.2, 0) is 21.2 Å². The minimum absolute atomic E-state index is 0.133. The highest BCUT2D eigenvalue weighted by Gasteiger charge is 2.13. The predicted molar refractivity (Wildman–Crippen MR) is 118 cm³/mol. The molecule has 8 nitrogen and oxygen atoms in total. The van der Waals surface area contributed by atoms with Crippen molar-refractivity contribution in [2.45, 2.75) is 6.42 Å². The van der Waals surface area contributed by atoms with Gasteiger partial charge < -0.3 is 14.8 Å². The molecule has 0 spiro atoms. The number of nitrogens with zero attached hydrogens (tertiary/aromatic N) is 1. The molecule has 2 N–H and O–H groups in total. The average molecular weight is 448 g/mol. The molecule has 2 aromatic carbocycles. The van der Waals surface area contributed by atoms with Crippen molar-refractivity contribution in [3.63, 3.8) is 0 Å². The first-order chi connectivity index (χ1) is 14.3. The van der Waals surface area contributed by atoms with E-state index in [1.165, 1.54) is 11.3 Å². The van der Waals surface area contributed by atoms with Gasteiger partial charge in [-0.3, -0.25) is 9.52 Å². The van der Waals surface area contributed by atoms with Gasteiger partial charge in [-0.2, -0.15) is 0 Å². The third-order valence-electron chi connectivity index (χ3n) is 4.08. The first kappa shape index (κ1) is 21.6. The van der Waals surface area contributed by atoms with Crippen molar-refractivity contribution in [3.8, 4) is 22.8 Å². The Bertz CT molecular complexity index is 1140. The first-order valence-electron chi connectivity index (χ1n) is 8.82. The lowest BCUT2D eigenvalue weighted by atomic mass is 10.1. The molecule has 1 amide bonds. The molecule has 1 aromatic heterocycles. The van der Waals surface area contributed by atoms with Crippen LogP contribution >= 0.6 is 11.3 Å². The van der Waals surface area contributed by atoms with Crippen molar-refractivity contribution in [3.05, 3.63) is 53.4 Å². The Morgan fingerprint density at radius 3 is 2.47 bits per heavy atom. The van der Waals surface area contributed by atoms with Gasteiger partial charge in [-0.25, -0.2) is 13.4 Å². The van der Waals surface area contributed by atoms with Crippen molar-refractivity contribution >= 4 is 38.1 Å². The second-order valence-corrected chi connectivity index (χ2v) is 9.00. The summed E-state index contributed by atoms with van der Waals surface area (Å²) in [5.41, 5.74) is 2.70. The number of anilines is 2. The Labute approximate surface area is 178 Å². The number of rotatable bonds is 8. The number of carbonyl (C=O) groups excluding carboxylic acids is 1. The topological polar surface area (TPSA) is 107 Å². The van der Waals surface area contributed by atoms with E-state index in [0.717, 1.165) is 17.4 Å². The summed E-state index contributed by atoms with van der Waals surface area (Å²) >= 11 is 1.31. The zero-order valence-corrected chi connectivity index (χ0v) is 18.3. The van der Waals surface area contributed by atoms with Crippen molar-refractivity contribution < 1.29 is 22.7 Å². The molecule has 3 aromatic rings. The van der Waals surface area contributed by atoms with Gasteiger partial charge in [-0.15, -0.1) is 11.3 Å². The van der Waals surface area contributed by atoms with E-state index < -0.39 is 10.0 Å². The van der Waals surface area contributed by atoms with Crippen molar-refractivity contribution in [1.29, 1.82) is 0 Å². The summed E-state index contributed by atoms with van der Waals surface area (Å²) < 4.78 is 35.5. The van der Waals surface area contributed by atoms with Crippen LogP contribution in [0.15, 0.2) is 47.8 Å². The fourth-order valence-electron chi connectivity index (χ4n) is 2.72. The van der Waals surface area contributed by atoms with Gasteiger partial charge in [0, 0.05) is 28.3 Å². The van der Waals surface area contributed by atoms with E-state index in [1.807, 2.05) is 5.38 Å². The third kappa shape index (κ3) is 5.71. The third-order valence-corrected chi connectivity index (χ3v) is 5.44. The molecule has 0 bridgehead atoms. The Hall–Kier alpha value is -3.11. The fraction of sp³-hybridized carbons (Fsp3) is 0.200. The number of hydrogen-bond acceptors (Lipinski definition) is 7. The SMILES string of the molecule is COc1ccc(CC(=O)Nc2nc(-c3ccc(NS(C)(=O)=O)cc3)cs2)c(OC)c1. The summed E-state index contributed by atoms with van der Waals surface area (Å²) in [6.07, 6.45) is 1.23. The number of thiazole rings is 1. The van der Waals surface area contributed by atoms with Crippen molar-refractivity contribution in [2.75, 3.05) is 30.5 Å². The van der Waals surface area contributed by atoms with Gasteiger partial charge in [-0.1, -0.05) is 18.2 Å². The monoisotopic (exact) mass is 447 g/mol. The molecule has 0 aliphatic rings. The van der Waals surface area contributed by atoms with Gasteiger partial charge in [0.2, 0.25) is 15.9 Å². The zero-order chi connectivity index (χ0) is 21.7. The molecule has 1 heterocycles. The number of ether oxygens (including phenoxy) is 2. The van der Waals surface area contributed by atoms with Gasteiger partial charge >= 0.3 is 0 Å². The highest BCUT2D eigenvalue weighted by Crippen LogP contribution is 2.28. The molecule has 0 saturated heterocycles. The van der Waals surface area contributed by atoms with Crippen LogP contribution in [0.2, 0.25) is 0 Å². The van der Waals surface area contributed by atoms with E-state index in [1.54, 1.807) is 56.7 Å². The minimum atomic E-state index is -3.33. The molecule has 10 heteroatoms. The smallest absolute Gasteiger partial charge is 0.230 e. The van der Waals surface area contributed by atoms with Gasteiger partial charge in [0.15, 0.2) is 5.13 Å². The molecule has 0 aliphatic carbocycles. The second kappa shape index (κ2) is 9.14. The molecule has 30 heavy (non-hydrogen) atoms. The summed E-state index contributed by atoms with van der Waals surface area (Å²) in [6, 6.07) is 12.1. The Balaban J connectivity index is 1.66. The number of benzene rings is 2. The Morgan fingerprint density at radius 2 is 1.83 bits per heavy atom. The maximum atomic E-state index is 12.4. The molecular weight excluding hydrogens is 426 g/mol. The largest absolute Gasteiger partial charge is 0.497 e. The highest BCUT2D eigenvalue weighted by atomic mass is 32.2. The van der Waals surface area contributed by atoms with Gasteiger partial charge in [0.25, 0.3) is 0 Å². The van der Waals surface area contributed by atoms with Gasteiger partial charge in [0.1, 0.15) is 11.5 Å². The number of nitrogens with one attached hydrogen (secondary N) is 2. The standard InChI is InChI=1S/C20H21N3O5S2/c1-27-16-9-6-14(18(11-16)28-2)10-19(24)22-20-21-17(12-29-20)13-4-7-15(8-5-13)23-30(3,25)26/h4-9,11-12,23H,10H2,1-3H3,(H,21,22,24). The van der Waals surface area contributed by atoms with E-state index in [2.05, 4.69) is 15.0 Å². The van der Waals surface area contributed by atoms with Gasteiger partial charge in [-0.05, 0) is 18.2 Å². The molecule has 0 atom stereocenters. The van der Waals surface area contributed by atoms with E-state index in [9.17, 15) is 13.2 Å². The van der Waals surface area contributed by atoms with E-state index in [0.29, 0.717) is 28.0 Å². The van der Waals surface area contributed by atoms with Crippen LogP contribution in [0.4, 0.5) is 10.8 Å². The van der Waals surface area contributed by atoms with Crippen LogP contribution < -0.4 is 19.5 Å². The lowest BCUT2D eigenvalue weighted by Crippen LogP contribution is -2.14. The van der Waals surface area contributed by atoms with Crippen LogP contribution in [0.5, 0.6) is 11.5 Å². The number of sulfonamides is 1. The summed E-state index contributed by atoms with van der Waals surface area (Å²) in [7, 11) is -0.218. The average Bonchev–Trinajstić information content (AvgIpc) is 3.16. The lowest BCUT2D eigenvalue weighted by Gasteiger charge is -2.10.